The molecule has 138 valence electrons. The summed E-state index contributed by atoms with van der Waals surface area (Å²) in [5.41, 5.74) is 1.97. The van der Waals surface area contributed by atoms with Gasteiger partial charge in [-0.25, -0.2) is 4.79 Å². The minimum atomic E-state index is -1.06. The fourth-order valence-electron chi connectivity index (χ4n) is 3.03. The highest BCUT2D eigenvalue weighted by atomic mass is 79.9. The molecule has 2 rings (SSSR count). The smallest absolute Gasteiger partial charge is 0.335 e. The van der Waals surface area contributed by atoms with Crippen LogP contribution in [0.1, 0.15) is 48.4 Å². The number of carbonyl (C=O) groups excluding carboxylic acids is 1. The minimum absolute atomic E-state index is 0.00788. The van der Waals surface area contributed by atoms with Gasteiger partial charge in [0.25, 0.3) is 5.91 Å². The van der Waals surface area contributed by atoms with Crippen LogP contribution in [0.3, 0.4) is 0 Å². The third kappa shape index (κ3) is 4.18. The van der Waals surface area contributed by atoms with E-state index in [0.29, 0.717) is 11.1 Å². The number of benzene rings is 2. The second-order valence-electron chi connectivity index (χ2n) is 6.56. The van der Waals surface area contributed by atoms with Crippen molar-refractivity contribution in [2.75, 3.05) is 0 Å². The number of hydrogen-bond acceptors (Lipinski definition) is 2. The molecule has 0 aliphatic heterocycles. The van der Waals surface area contributed by atoms with Crippen molar-refractivity contribution in [2.24, 2.45) is 0 Å². The number of carbonyl (C=O) groups is 2. The average Bonchev–Trinajstić information content (AvgIpc) is 2.53. The van der Waals surface area contributed by atoms with E-state index in [1.165, 1.54) is 12.1 Å². The van der Waals surface area contributed by atoms with Crippen LogP contribution in [0.25, 0.3) is 11.1 Å². The lowest BCUT2D eigenvalue weighted by atomic mass is 9.95. The standard InChI is InChI=1S/C20H21Br2NO3/c1-11(2)23(12(3)4)19(24)15-10-13(20(25)26)8-9-14(15)18-16(21)6-5-7-17(18)22/h5-12H,1-4H3,(H,25,26). The molecule has 0 fully saturated rings. The van der Waals surface area contributed by atoms with Crippen molar-refractivity contribution in [3.8, 4) is 11.1 Å². The minimum Gasteiger partial charge on any atom is -0.478 e. The highest BCUT2D eigenvalue weighted by molar-refractivity contribution is 9.11. The Kier molecular flexibility index (Phi) is 6.64. The molecule has 0 aliphatic carbocycles. The SMILES string of the molecule is CC(C)N(C(=O)c1cc(C(=O)O)ccc1-c1c(Br)cccc1Br)C(C)C. The van der Waals surface area contributed by atoms with Crippen LogP contribution >= 0.6 is 31.9 Å². The van der Waals surface area contributed by atoms with Crippen LogP contribution in [0, 0.1) is 0 Å². The Bertz CT molecular complexity index is 819. The van der Waals surface area contributed by atoms with Crippen molar-refractivity contribution >= 4 is 43.7 Å². The predicted molar refractivity (Wildman–Crippen MR) is 111 cm³/mol. The predicted octanol–water partition coefficient (Wildman–Crippen LogP) is 5.84. The summed E-state index contributed by atoms with van der Waals surface area (Å²) in [4.78, 5) is 26.5. The fourth-order valence-corrected chi connectivity index (χ4v) is 4.46. The van der Waals surface area contributed by atoms with E-state index >= 15 is 0 Å². The fraction of sp³-hybridized carbons (Fsp3) is 0.300. The molecule has 6 heteroatoms. The first-order chi connectivity index (χ1) is 12.1. The molecule has 0 aliphatic rings. The number of rotatable bonds is 5. The summed E-state index contributed by atoms with van der Waals surface area (Å²) in [5, 5.41) is 9.38. The van der Waals surface area contributed by atoms with E-state index in [2.05, 4.69) is 31.9 Å². The molecule has 4 nitrogen and oxygen atoms in total. The van der Waals surface area contributed by atoms with Crippen LogP contribution in [0.2, 0.25) is 0 Å². The largest absolute Gasteiger partial charge is 0.478 e. The van der Waals surface area contributed by atoms with Crippen LogP contribution in [0.5, 0.6) is 0 Å². The molecule has 0 heterocycles. The molecule has 2 aromatic carbocycles. The van der Waals surface area contributed by atoms with Gasteiger partial charge in [0.05, 0.1) is 5.56 Å². The van der Waals surface area contributed by atoms with Crippen molar-refractivity contribution in [3.63, 3.8) is 0 Å². The highest BCUT2D eigenvalue weighted by Crippen LogP contribution is 2.38. The molecule has 1 N–H and O–H groups in total. The summed E-state index contributed by atoms with van der Waals surface area (Å²) >= 11 is 7.08. The first-order valence-corrected chi connectivity index (χ1v) is 9.88. The van der Waals surface area contributed by atoms with E-state index in [1.807, 2.05) is 45.9 Å². The van der Waals surface area contributed by atoms with Gasteiger partial charge in [0.1, 0.15) is 0 Å². The highest BCUT2D eigenvalue weighted by Gasteiger charge is 2.26. The molecule has 0 saturated heterocycles. The first kappa shape index (κ1) is 20.6. The van der Waals surface area contributed by atoms with Crippen molar-refractivity contribution in [1.82, 2.24) is 4.90 Å². The van der Waals surface area contributed by atoms with Gasteiger partial charge in [-0.3, -0.25) is 4.79 Å². The van der Waals surface area contributed by atoms with Crippen molar-refractivity contribution in [3.05, 3.63) is 56.5 Å². The average molecular weight is 483 g/mol. The number of carboxylic acids is 1. The Morgan fingerprint density at radius 2 is 1.50 bits per heavy atom. The molecule has 0 spiro atoms. The van der Waals surface area contributed by atoms with Crippen molar-refractivity contribution in [2.45, 2.75) is 39.8 Å². The quantitative estimate of drug-likeness (QED) is 0.582. The number of halogens is 2. The molecular weight excluding hydrogens is 462 g/mol. The van der Waals surface area contributed by atoms with E-state index in [4.69, 9.17) is 0 Å². The van der Waals surface area contributed by atoms with Gasteiger partial charge >= 0.3 is 5.97 Å². The Balaban J connectivity index is 2.75. The number of hydrogen-bond donors (Lipinski definition) is 1. The van der Waals surface area contributed by atoms with Crippen molar-refractivity contribution < 1.29 is 14.7 Å². The van der Waals surface area contributed by atoms with Gasteiger partial charge in [-0.2, -0.15) is 0 Å². The summed E-state index contributed by atoms with van der Waals surface area (Å²) in [7, 11) is 0. The zero-order valence-electron chi connectivity index (χ0n) is 15.1. The Morgan fingerprint density at radius 1 is 0.962 bits per heavy atom. The summed E-state index contributed by atoms with van der Waals surface area (Å²) in [6.07, 6.45) is 0. The van der Waals surface area contributed by atoms with Crippen LogP contribution < -0.4 is 0 Å². The molecule has 0 radical (unpaired) electrons. The molecule has 0 atom stereocenters. The van der Waals surface area contributed by atoms with Crippen LogP contribution in [-0.2, 0) is 0 Å². The van der Waals surface area contributed by atoms with E-state index in [-0.39, 0.29) is 23.6 Å². The van der Waals surface area contributed by atoms with Gasteiger partial charge in [-0.1, -0.05) is 44.0 Å². The lowest BCUT2D eigenvalue weighted by Gasteiger charge is -2.31. The number of aromatic carboxylic acids is 1. The summed E-state index contributed by atoms with van der Waals surface area (Å²) < 4.78 is 1.65. The molecule has 1 amide bonds. The maximum absolute atomic E-state index is 13.3. The van der Waals surface area contributed by atoms with Gasteiger partial charge in [-0.05, 0) is 57.5 Å². The maximum Gasteiger partial charge on any atom is 0.335 e. The van der Waals surface area contributed by atoms with Gasteiger partial charge < -0.3 is 10.0 Å². The molecule has 0 unspecified atom stereocenters. The second-order valence-corrected chi connectivity index (χ2v) is 8.27. The first-order valence-electron chi connectivity index (χ1n) is 8.29. The topological polar surface area (TPSA) is 57.6 Å². The third-order valence-corrected chi connectivity index (χ3v) is 5.40. The Morgan fingerprint density at radius 3 is 1.96 bits per heavy atom. The molecule has 0 saturated carbocycles. The Labute approximate surface area is 170 Å². The second kappa shape index (κ2) is 8.35. The molecule has 26 heavy (non-hydrogen) atoms. The third-order valence-electron chi connectivity index (χ3n) is 4.08. The summed E-state index contributed by atoms with van der Waals surface area (Å²) in [6, 6.07) is 10.3. The molecule has 2 aromatic rings. The van der Waals surface area contributed by atoms with Gasteiger partial charge in [-0.15, -0.1) is 0 Å². The van der Waals surface area contributed by atoms with Crippen LogP contribution in [0.4, 0.5) is 0 Å². The Hall–Kier alpha value is -1.66. The normalized spacial score (nSPS) is 11.1. The van der Waals surface area contributed by atoms with Gasteiger partial charge in [0.15, 0.2) is 0 Å². The van der Waals surface area contributed by atoms with E-state index < -0.39 is 5.97 Å². The maximum atomic E-state index is 13.3. The van der Waals surface area contributed by atoms with Crippen molar-refractivity contribution in [1.29, 1.82) is 0 Å². The molecule has 0 aromatic heterocycles. The zero-order valence-corrected chi connectivity index (χ0v) is 18.3. The summed E-state index contributed by atoms with van der Waals surface area (Å²) in [5.74, 6) is -1.24. The van der Waals surface area contributed by atoms with E-state index in [9.17, 15) is 14.7 Å². The monoisotopic (exact) mass is 481 g/mol. The molecular formula is C20H21Br2NO3. The number of amides is 1. The number of carboxylic acid groups (broad SMARTS) is 1. The summed E-state index contributed by atoms with van der Waals surface area (Å²) in [6.45, 7) is 7.81. The van der Waals surface area contributed by atoms with Gasteiger partial charge in [0.2, 0.25) is 0 Å². The van der Waals surface area contributed by atoms with Gasteiger partial charge in [0, 0.05) is 32.2 Å². The van der Waals surface area contributed by atoms with E-state index in [0.717, 1.165) is 14.5 Å². The number of nitrogens with zero attached hydrogens (tertiary/aromatic N) is 1. The molecule has 0 bridgehead atoms. The zero-order chi connectivity index (χ0) is 19.6. The van der Waals surface area contributed by atoms with Crippen LogP contribution in [0.15, 0.2) is 45.3 Å². The van der Waals surface area contributed by atoms with E-state index in [1.54, 1.807) is 11.0 Å². The lowest BCUT2D eigenvalue weighted by Crippen LogP contribution is -2.42. The van der Waals surface area contributed by atoms with Crippen LogP contribution in [-0.4, -0.2) is 34.0 Å². The lowest BCUT2D eigenvalue weighted by molar-refractivity contribution is 0.0644.